The summed E-state index contributed by atoms with van der Waals surface area (Å²) in [5, 5.41) is 0. The molecule has 2 heterocycles. The maximum atomic E-state index is 13.4. The molecule has 1 saturated heterocycles. The van der Waals surface area contributed by atoms with E-state index in [0.29, 0.717) is 37.7 Å². The molecule has 4 nitrogen and oxygen atoms in total. The Morgan fingerprint density at radius 3 is 2.71 bits per heavy atom. The van der Waals surface area contributed by atoms with E-state index in [1.165, 1.54) is 6.07 Å². The lowest BCUT2D eigenvalue weighted by molar-refractivity contribution is -0.137. The van der Waals surface area contributed by atoms with E-state index in [1.54, 1.807) is 6.07 Å². The van der Waals surface area contributed by atoms with Crippen LogP contribution in [0.4, 0.5) is 13.2 Å². The van der Waals surface area contributed by atoms with Crippen LogP contribution in [0.2, 0.25) is 0 Å². The number of hydrogen-bond donors (Lipinski definition) is 0. The third-order valence-corrected chi connectivity index (χ3v) is 4.10. The predicted octanol–water partition coefficient (Wildman–Crippen LogP) is 4.19. The van der Waals surface area contributed by atoms with Crippen LogP contribution in [0.1, 0.15) is 43.7 Å². The minimum absolute atomic E-state index is 0.0676. The molecule has 7 heteroatoms. The van der Waals surface area contributed by atoms with Crippen LogP contribution in [0.25, 0.3) is 11.1 Å². The number of fused-ring (bicyclic) bond motifs is 1. The molecule has 132 valence electrons. The summed E-state index contributed by atoms with van der Waals surface area (Å²) in [5.74, 6) is 0.259. The van der Waals surface area contributed by atoms with Gasteiger partial charge in [-0.15, -0.1) is 0 Å². The van der Waals surface area contributed by atoms with Crippen molar-refractivity contribution >= 4 is 11.1 Å². The minimum atomic E-state index is -4.47. The molecular formula is C17H21F3N2O2. The Balaban J connectivity index is 1.99. The molecule has 2 aromatic rings. The average molecular weight is 342 g/mol. The van der Waals surface area contributed by atoms with E-state index in [-0.39, 0.29) is 23.1 Å². The third-order valence-electron chi connectivity index (χ3n) is 4.10. The van der Waals surface area contributed by atoms with Crippen molar-refractivity contribution in [3.05, 3.63) is 29.2 Å². The highest BCUT2D eigenvalue weighted by Gasteiger charge is 2.35. The number of aromatic nitrogens is 1. The van der Waals surface area contributed by atoms with Crippen molar-refractivity contribution in [3.8, 4) is 0 Å². The van der Waals surface area contributed by atoms with Crippen LogP contribution < -0.4 is 0 Å². The van der Waals surface area contributed by atoms with Gasteiger partial charge in [-0.1, -0.05) is 13.8 Å². The number of oxazole rings is 1. The van der Waals surface area contributed by atoms with Gasteiger partial charge in [-0.05, 0) is 24.6 Å². The van der Waals surface area contributed by atoms with Crippen molar-refractivity contribution < 1.29 is 22.3 Å². The van der Waals surface area contributed by atoms with Crippen molar-refractivity contribution in [2.75, 3.05) is 19.7 Å². The fourth-order valence-electron chi connectivity index (χ4n) is 2.95. The van der Waals surface area contributed by atoms with Crippen molar-refractivity contribution in [1.82, 2.24) is 9.88 Å². The molecule has 0 aliphatic carbocycles. The first-order chi connectivity index (χ1) is 11.2. The Labute approximate surface area is 138 Å². The monoisotopic (exact) mass is 342 g/mol. The molecule has 1 unspecified atom stereocenters. The van der Waals surface area contributed by atoms with Crippen molar-refractivity contribution in [1.29, 1.82) is 0 Å². The first-order valence-corrected chi connectivity index (χ1v) is 8.08. The van der Waals surface area contributed by atoms with Gasteiger partial charge in [0, 0.05) is 25.6 Å². The number of morpholine rings is 1. The highest BCUT2D eigenvalue weighted by atomic mass is 19.4. The molecular weight excluding hydrogens is 321 g/mol. The smallest absolute Gasteiger partial charge is 0.420 e. The molecule has 1 fully saturated rings. The zero-order valence-electron chi connectivity index (χ0n) is 14.0. The van der Waals surface area contributed by atoms with Gasteiger partial charge >= 0.3 is 6.18 Å². The summed E-state index contributed by atoms with van der Waals surface area (Å²) in [5.41, 5.74) is -0.0710. The van der Waals surface area contributed by atoms with E-state index < -0.39 is 11.7 Å². The van der Waals surface area contributed by atoms with E-state index in [4.69, 9.17) is 9.15 Å². The average Bonchev–Trinajstić information content (AvgIpc) is 2.89. The maximum Gasteiger partial charge on any atom is 0.420 e. The zero-order valence-corrected chi connectivity index (χ0v) is 14.0. The molecule has 3 rings (SSSR count). The van der Waals surface area contributed by atoms with Crippen molar-refractivity contribution in [3.63, 3.8) is 0 Å². The minimum Gasteiger partial charge on any atom is -0.440 e. The number of hydrogen-bond acceptors (Lipinski definition) is 4. The van der Waals surface area contributed by atoms with Gasteiger partial charge in [0.25, 0.3) is 0 Å². The SMILES string of the molecule is CC1CN(Cc2cc(C(F)(F)F)c3oc(C(C)C)nc3c2)CCO1. The Morgan fingerprint density at radius 1 is 1.33 bits per heavy atom. The number of benzene rings is 1. The Bertz CT molecular complexity index is 724. The summed E-state index contributed by atoms with van der Waals surface area (Å²) >= 11 is 0. The Kier molecular flexibility index (Phi) is 4.57. The molecule has 1 aromatic heterocycles. The van der Waals surface area contributed by atoms with Crippen LogP contribution in [0.5, 0.6) is 0 Å². The summed E-state index contributed by atoms with van der Waals surface area (Å²) < 4.78 is 51.1. The summed E-state index contributed by atoms with van der Waals surface area (Å²) in [6.07, 6.45) is -4.38. The summed E-state index contributed by atoms with van der Waals surface area (Å²) in [6, 6.07) is 2.87. The molecule has 0 radical (unpaired) electrons. The van der Waals surface area contributed by atoms with Crippen LogP contribution in [0.3, 0.4) is 0 Å². The van der Waals surface area contributed by atoms with E-state index >= 15 is 0 Å². The predicted molar refractivity (Wildman–Crippen MR) is 83.8 cm³/mol. The number of ether oxygens (including phenoxy) is 1. The first-order valence-electron chi connectivity index (χ1n) is 8.08. The normalized spacial score (nSPS) is 20.2. The van der Waals surface area contributed by atoms with Gasteiger partial charge in [0.05, 0.1) is 12.7 Å². The Hall–Kier alpha value is -1.60. The zero-order chi connectivity index (χ0) is 17.5. The van der Waals surface area contributed by atoms with E-state index in [0.717, 1.165) is 0 Å². The first kappa shape index (κ1) is 17.2. The van der Waals surface area contributed by atoms with Crippen LogP contribution in [-0.2, 0) is 17.5 Å². The van der Waals surface area contributed by atoms with Crippen LogP contribution in [0, 0.1) is 0 Å². The van der Waals surface area contributed by atoms with Gasteiger partial charge < -0.3 is 9.15 Å². The lowest BCUT2D eigenvalue weighted by atomic mass is 10.1. The molecule has 0 saturated carbocycles. The van der Waals surface area contributed by atoms with Gasteiger partial charge in [-0.25, -0.2) is 4.98 Å². The standard InChI is InChI=1S/C17H21F3N2O2/c1-10(2)16-21-14-7-12(9-22-4-5-23-11(3)8-22)6-13(15(14)24-16)17(18,19)20/h6-7,10-11H,4-5,8-9H2,1-3H3. The Morgan fingerprint density at radius 2 is 2.08 bits per heavy atom. The van der Waals surface area contributed by atoms with Crippen LogP contribution >= 0.6 is 0 Å². The second kappa shape index (κ2) is 6.37. The van der Waals surface area contributed by atoms with E-state index in [1.807, 2.05) is 20.8 Å². The second-order valence-electron chi connectivity index (χ2n) is 6.61. The number of rotatable bonds is 3. The van der Waals surface area contributed by atoms with Gasteiger partial charge in [0.2, 0.25) is 0 Å². The van der Waals surface area contributed by atoms with Crippen LogP contribution in [-0.4, -0.2) is 35.7 Å². The maximum absolute atomic E-state index is 13.4. The second-order valence-corrected chi connectivity index (χ2v) is 6.61. The molecule has 1 aliphatic heterocycles. The fraction of sp³-hybridized carbons (Fsp3) is 0.588. The number of halogens is 3. The van der Waals surface area contributed by atoms with Crippen molar-refractivity contribution in [2.24, 2.45) is 0 Å². The number of alkyl halides is 3. The number of nitrogens with zero attached hydrogens (tertiary/aromatic N) is 2. The van der Waals surface area contributed by atoms with Gasteiger partial charge in [-0.2, -0.15) is 13.2 Å². The largest absolute Gasteiger partial charge is 0.440 e. The topological polar surface area (TPSA) is 38.5 Å². The lowest BCUT2D eigenvalue weighted by Crippen LogP contribution is -2.40. The van der Waals surface area contributed by atoms with Gasteiger partial charge in [-0.3, -0.25) is 4.90 Å². The van der Waals surface area contributed by atoms with Gasteiger partial charge in [0.15, 0.2) is 11.5 Å². The quantitative estimate of drug-likeness (QED) is 0.838. The molecule has 1 aliphatic rings. The molecule has 0 amide bonds. The lowest BCUT2D eigenvalue weighted by Gasteiger charge is -2.31. The summed E-state index contributed by atoms with van der Waals surface area (Å²) in [4.78, 5) is 6.34. The third kappa shape index (κ3) is 3.57. The van der Waals surface area contributed by atoms with E-state index in [9.17, 15) is 13.2 Å². The molecule has 0 spiro atoms. The van der Waals surface area contributed by atoms with Crippen LogP contribution in [0.15, 0.2) is 16.5 Å². The molecule has 1 atom stereocenters. The highest BCUT2D eigenvalue weighted by molar-refractivity contribution is 5.78. The highest BCUT2D eigenvalue weighted by Crippen LogP contribution is 2.37. The van der Waals surface area contributed by atoms with Crippen molar-refractivity contribution in [2.45, 2.75) is 45.5 Å². The summed E-state index contributed by atoms with van der Waals surface area (Å²) in [6.45, 7) is 8.09. The summed E-state index contributed by atoms with van der Waals surface area (Å²) in [7, 11) is 0. The van der Waals surface area contributed by atoms with Gasteiger partial charge in [0.1, 0.15) is 11.1 Å². The molecule has 24 heavy (non-hydrogen) atoms. The molecule has 0 bridgehead atoms. The fourth-order valence-corrected chi connectivity index (χ4v) is 2.95. The molecule has 1 aromatic carbocycles. The van der Waals surface area contributed by atoms with E-state index in [2.05, 4.69) is 9.88 Å². The molecule has 0 N–H and O–H groups in total.